The number of nitrogens with one attached hydrogen (secondary N) is 2. The second kappa shape index (κ2) is 10.6. The molecule has 0 bridgehead atoms. The maximum absolute atomic E-state index is 12.4. The third-order valence-corrected chi connectivity index (χ3v) is 4.41. The average Bonchev–Trinajstić information content (AvgIpc) is 2.78. The van der Waals surface area contributed by atoms with Gasteiger partial charge in [0.25, 0.3) is 11.8 Å². The fraction of sp³-hybridized carbons (Fsp3) is 0.0417. The van der Waals surface area contributed by atoms with Gasteiger partial charge in [0.05, 0.1) is 10.7 Å². The summed E-state index contributed by atoms with van der Waals surface area (Å²) < 4.78 is 5.53. The van der Waals surface area contributed by atoms with Gasteiger partial charge in [-0.2, -0.15) is 5.26 Å². The van der Waals surface area contributed by atoms with Crippen LogP contribution in [0.2, 0.25) is 5.02 Å². The van der Waals surface area contributed by atoms with Gasteiger partial charge in [0.2, 0.25) is 0 Å². The fourth-order valence-electron chi connectivity index (χ4n) is 2.63. The Morgan fingerprint density at radius 1 is 0.968 bits per heavy atom. The first-order valence-electron chi connectivity index (χ1n) is 9.30. The maximum atomic E-state index is 12.4. The molecule has 3 aromatic rings. The van der Waals surface area contributed by atoms with E-state index in [0.29, 0.717) is 27.7 Å². The third-order valence-electron chi connectivity index (χ3n) is 4.08. The molecule has 0 aliphatic rings. The van der Waals surface area contributed by atoms with Crippen LogP contribution >= 0.6 is 11.6 Å². The number of anilines is 2. The van der Waals surface area contributed by atoms with Gasteiger partial charge < -0.3 is 15.4 Å². The predicted molar refractivity (Wildman–Crippen MR) is 121 cm³/mol. The Labute approximate surface area is 184 Å². The van der Waals surface area contributed by atoms with Gasteiger partial charge in [0, 0.05) is 5.69 Å². The number of carbonyl (C=O) groups is 2. The molecule has 2 N–H and O–H groups in total. The molecule has 0 fully saturated rings. The zero-order valence-corrected chi connectivity index (χ0v) is 17.1. The zero-order valence-electron chi connectivity index (χ0n) is 16.3. The van der Waals surface area contributed by atoms with Crippen molar-refractivity contribution in [1.29, 1.82) is 5.26 Å². The molecule has 154 valence electrons. The van der Waals surface area contributed by atoms with E-state index in [0.717, 1.165) is 0 Å². The highest BCUT2D eigenvalue weighted by Gasteiger charge is 2.11. The van der Waals surface area contributed by atoms with Crippen LogP contribution in [-0.2, 0) is 9.59 Å². The molecule has 0 aliphatic heterocycles. The van der Waals surface area contributed by atoms with E-state index in [4.69, 9.17) is 16.3 Å². The average molecular weight is 432 g/mol. The molecule has 0 saturated carbocycles. The maximum Gasteiger partial charge on any atom is 0.266 e. The molecule has 0 heterocycles. The Bertz CT molecular complexity index is 1150. The minimum absolute atomic E-state index is 0.0982. The van der Waals surface area contributed by atoms with Gasteiger partial charge in [-0.05, 0) is 48.0 Å². The van der Waals surface area contributed by atoms with E-state index in [1.165, 1.54) is 6.08 Å². The summed E-state index contributed by atoms with van der Waals surface area (Å²) in [5.41, 5.74) is 1.57. The highest BCUT2D eigenvalue weighted by atomic mass is 35.5. The van der Waals surface area contributed by atoms with Crippen LogP contribution in [0.4, 0.5) is 11.4 Å². The molecule has 0 aromatic heterocycles. The van der Waals surface area contributed by atoms with Crippen LogP contribution in [0, 0.1) is 11.3 Å². The van der Waals surface area contributed by atoms with E-state index in [2.05, 4.69) is 10.6 Å². The Kier molecular flexibility index (Phi) is 7.41. The number of nitriles is 1. The van der Waals surface area contributed by atoms with E-state index in [1.807, 2.05) is 24.3 Å². The summed E-state index contributed by atoms with van der Waals surface area (Å²) in [6, 6.07) is 24.4. The molecule has 0 aliphatic carbocycles. The van der Waals surface area contributed by atoms with Gasteiger partial charge in [-0.15, -0.1) is 0 Å². The lowest BCUT2D eigenvalue weighted by Crippen LogP contribution is -2.20. The lowest BCUT2D eigenvalue weighted by atomic mass is 10.1. The van der Waals surface area contributed by atoms with Crippen molar-refractivity contribution >= 4 is 40.9 Å². The number of rotatable bonds is 7. The Morgan fingerprint density at radius 2 is 1.71 bits per heavy atom. The summed E-state index contributed by atoms with van der Waals surface area (Å²) in [4.78, 5) is 24.5. The number of halogens is 1. The molecule has 0 spiro atoms. The van der Waals surface area contributed by atoms with Crippen molar-refractivity contribution in [3.63, 3.8) is 0 Å². The summed E-state index contributed by atoms with van der Waals surface area (Å²) in [6.45, 7) is -0.180. The van der Waals surface area contributed by atoms with E-state index in [1.54, 1.807) is 60.7 Å². The van der Waals surface area contributed by atoms with E-state index in [9.17, 15) is 14.9 Å². The topological polar surface area (TPSA) is 91.2 Å². The summed E-state index contributed by atoms with van der Waals surface area (Å²) in [5, 5.41) is 15.1. The van der Waals surface area contributed by atoms with E-state index < -0.39 is 5.91 Å². The second-order valence-electron chi connectivity index (χ2n) is 6.38. The van der Waals surface area contributed by atoms with E-state index >= 15 is 0 Å². The Balaban J connectivity index is 1.64. The quantitative estimate of drug-likeness (QED) is 0.411. The molecule has 0 unspecified atom stereocenters. The van der Waals surface area contributed by atoms with Crippen LogP contribution in [-0.4, -0.2) is 18.4 Å². The first kappa shape index (κ1) is 21.6. The lowest BCUT2D eigenvalue weighted by molar-refractivity contribution is -0.118. The molecular formula is C24H18ClN3O3. The molecular weight excluding hydrogens is 414 g/mol. The number of hydrogen-bond donors (Lipinski definition) is 2. The second-order valence-corrected chi connectivity index (χ2v) is 6.79. The van der Waals surface area contributed by atoms with Crippen molar-refractivity contribution in [2.24, 2.45) is 0 Å². The number of nitrogens with zero attached hydrogens (tertiary/aromatic N) is 1. The summed E-state index contributed by atoms with van der Waals surface area (Å²) in [6.07, 6.45) is 1.43. The van der Waals surface area contributed by atoms with Crippen LogP contribution in [0.25, 0.3) is 6.08 Å². The van der Waals surface area contributed by atoms with Gasteiger partial charge in [0.15, 0.2) is 6.61 Å². The van der Waals surface area contributed by atoms with Crippen molar-refractivity contribution in [1.82, 2.24) is 0 Å². The number of carbonyl (C=O) groups excluding carboxylic acids is 2. The zero-order chi connectivity index (χ0) is 22.1. The summed E-state index contributed by atoms with van der Waals surface area (Å²) in [5.74, 6) is -0.450. The minimum atomic E-state index is -0.579. The van der Waals surface area contributed by atoms with Crippen LogP contribution in [0.5, 0.6) is 5.75 Å². The van der Waals surface area contributed by atoms with Crippen molar-refractivity contribution in [3.05, 3.63) is 95.0 Å². The lowest BCUT2D eigenvalue weighted by Gasteiger charge is -2.08. The predicted octanol–water partition coefficient (Wildman–Crippen LogP) is 4.90. The van der Waals surface area contributed by atoms with Gasteiger partial charge in [-0.3, -0.25) is 9.59 Å². The van der Waals surface area contributed by atoms with Crippen LogP contribution in [0.3, 0.4) is 0 Å². The van der Waals surface area contributed by atoms with Crippen molar-refractivity contribution < 1.29 is 14.3 Å². The number of ether oxygens (including phenoxy) is 1. The fourth-order valence-corrected chi connectivity index (χ4v) is 2.81. The smallest absolute Gasteiger partial charge is 0.266 e. The van der Waals surface area contributed by atoms with Gasteiger partial charge in [-0.1, -0.05) is 54.1 Å². The van der Waals surface area contributed by atoms with Crippen molar-refractivity contribution in [3.8, 4) is 11.8 Å². The third kappa shape index (κ3) is 6.46. The SMILES string of the molecule is N#C/C(=C\c1cccc(OCC(=O)Nc2ccccc2)c1)C(=O)Nc1ccccc1Cl. The van der Waals surface area contributed by atoms with Crippen LogP contribution < -0.4 is 15.4 Å². The molecule has 6 nitrogen and oxygen atoms in total. The molecule has 31 heavy (non-hydrogen) atoms. The molecule has 3 aromatic carbocycles. The number of amides is 2. The molecule has 3 rings (SSSR count). The number of hydrogen-bond acceptors (Lipinski definition) is 4. The first-order valence-corrected chi connectivity index (χ1v) is 9.68. The molecule has 7 heteroatoms. The Morgan fingerprint density at radius 3 is 2.45 bits per heavy atom. The van der Waals surface area contributed by atoms with E-state index in [-0.39, 0.29) is 18.1 Å². The van der Waals surface area contributed by atoms with Gasteiger partial charge in [0.1, 0.15) is 17.4 Å². The largest absolute Gasteiger partial charge is 0.484 e. The highest BCUT2D eigenvalue weighted by Crippen LogP contribution is 2.22. The Hall–Kier alpha value is -4.08. The van der Waals surface area contributed by atoms with Crippen molar-refractivity contribution in [2.75, 3.05) is 17.2 Å². The van der Waals surface area contributed by atoms with Gasteiger partial charge >= 0.3 is 0 Å². The summed E-state index contributed by atoms with van der Waals surface area (Å²) >= 11 is 6.04. The first-order chi connectivity index (χ1) is 15.0. The molecule has 0 saturated heterocycles. The monoisotopic (exact) mass is 431 g/mol. The molecule has 0 radical (unpaired) electrons. The van der Waals surface area contributed by atoms with Crippen molar-refractivity contribution in [2.45, 2.75) is 0 Å². The normalized spacial score (nSPS) is 10.6. The molecule has 2 amide bonds. The standard InChI is InChI=1S/C24H18ClN3O3/c25-21-11-4-5-12-22(21)28-24(30)18(15-26)13-17-7-6-10-20(14-17)31-16-23(29)27-19-8-2-1-3-9-19/h1-14H,16H2,(H,27,29)(H,28,30)/b18-13+. The van der Waals surface area contributed by atoms with Gasteiger partial charge in [-0.25, -0.2) is 0 Å². The minimum Gasteiger partial charge on any atom is -0.484 e. The van der Waals surface area contributed by atoms with Crippen LogP contribution in [0.1, 0.15) is 5.56 Å². The number of para-hydroxylation sites is 2. The van der Waals surface area contributed by atoms with Crippen LogP contribution in [0.15, 0.2) is 84.4 Å². The summed E-state index contributed by atoms with van der Waals surface area (Å²) in [7, 11) is 0. The molecule has 0 atom stereocenters. The highest BCUT2D eigenvalue weighted by molar-refractivity contribution is 6.34. The number of benzene rings is 3.